The van der Waals surface area contributed by atoms with Gasteiger partial charge in [0.25, 0.3) is 0 Å². The summed E-state index contributed by atoms with van der Waals surface area (Å²) in [6, 6.07) is 13.7. The van der Waals surface area contributed by atoms with Crippen molar-refractivity contribution in [2.75, 3.05) is 25.5 Å². The second kappa shape index (κ2) is 8.82. The van der Waals surface area contributed by atoms with Crippen LogP contribution >= 0.6 is 0 Å². The molecule has 5 nitrogen and oxygen atoms in total. The van der Waals surface area contributed by atoms with Gasteiger partial charge in [0, 0.05) is 32.9 Å². The van der Waals surface area contributed by atoms with Crippen LogP contribution in [0.15, 0.2) is 48.5 Å². The Labute approximate surface area is 146 Å². The molecule has 2 aromatic carbocycles. The average molecular weight is 343 g/mol. The molecule has 0 fully saturated rings. The van der Waals surface area contributed by atoms with Gasteiger partial charge in [-0.3, -0.25) is 9.59 Å². The van der Waals surface area contributed by atoms with Crippen molar-refractivity contribution in [3.05, 3.63) is 65.5 Å². The summed E-state index contributed by atoms with van der Waals surface area (Å²) >= 11 is 0. The van der Waals surface area contributed by atoms with Crippen molar-refractivity contribution in [3.63, 3.8) is 0 Å². The number of amides is 2. The van der Waals surface area contributed by atoms with Crippen LogP contribution < -0.4 is 15.5 Å². The number of carbonyl (C=O) groups is 2. The summed E-state index contributed by atoms with van der Waals surface area (Å²) in [5, 5.41) is 5.10. The number of nitrogens with one attached hydrogen (secondary N) is 2. The van der Waals surface area contributed by atoms with Crippen molar-refractivity contribution in [3.8, 4) is 0 Å². The van der Waals surface area contributed by atoms with E-state index in [0.29, 0.717) is 13.0 Å². The standard InChI is InChI=1S/C19H22FN3O2/c1-23(2)17-9-5-14(6-10-17)11-12-21-18(24)19(25)22-13-15-3-7-16(20)8-4-15/h3-10H,11-13H2,1-2H3,(H,21,24)(H,22,25). The third-order valence-corrected chi connectivity index (χ3v) is 3.72. The average Bonchev–Trinajstić information content (AvgIpc) is 2.61. The predicted molar refractivity (Wildman–Crippen MR) is 95.7 cm³/mol. The molecule has 0 aliphatic rings. The van der Waals surface area contributed by atoms with E-state index < -0.39 is 11.8 Å². The van der Waals surface area contributed by atoms with Crippen LogP contribution in [0.25, 0.3) is 0 Å². The molecule has 2 aromatic rings. The molecule has 0 aliphatic heterocycles. The van der Waals surface area contributed by atoms with Crippen LogP contribution in [0.4, 0.5) is 10.1 Å². The first-order valence-electron chi connectivity index (χ1n) is 8.02. The highest BCUT2D eigenvalue weighted by molar-refractivity contribution is 6.35. The van der Waals surface area contributed by atoms with Gasteiger partial charge in [-0.05, 0) is 41.8 Å². The lowest BCUT2D eigenvalue weighted by Gasteiger charge is -2.12. The van der Waals surface area contributed by atoms with Crippen LogP contribution in [0.1, 0.15) is 11.1 Å². The monoisotopic (exact) mass is 343 g/mol. The molecule has 132 valence electrons. The molecular formula is C19H22FN3O2. The van der Waals surface area contributed by atoms with E-state index in [1.807, 2.05) is 43.3 Å². The van der Waals surface area contributed by atoms with Crippen LogP contribution in [0.3, 0.4) is 0 Å². The SMILES string of the molecule is CN(C)c1ccc(CCNC(=O)C(=O)NCc2ccc(F)cc2)cc1. The lowest BCUT2D eigenvalue weighted by atomic mass is 10.1. The van der Waals surface area contributed by atoms with Crippen LogP contribution in [0, 0.1) is 5.82 Å². The molecule has 0 unspecified atom stereocenters. The van der Waals surface area contributed by atoms with E-state index >= 15 is 0 Å². The number of anilines is 1. The van der Waals surface area contributed by atoms with E-state index in [1.54, 1.807) is 12.1 Å². The Morgan fingerprint density at radius 1 is 0.880 bits per heavy atom. The molecule has 25 heavy (non-hydrogen) atoms. The van der Waals surface area contributed by atoms with Gasteiger partial charge in [0.2, 0.25) is 0 Å². The Bertz CT molecular complexity index is 712. The van der Waals surface area contributed by atoms with Crippen molar-refractivity contribution in [1.29, 1.82) is 0 Å². The van der Waals surface area contributed by atoms with Crippen LogP contribution in [0.5, 0.6) is 0 Å². The lowest BCUT2D eigenvalue weighted by molar-refractivity contribution is -0.139. The molecule has 2 N–H and O–H groups in total. The third kappa shape index (κ3) is 5.91. The summed E-state index contributed by atoms with van der Waals surface area (Å²) in [6.45, 7) is 0.558. The van der Waals surface area contributed by atoms with Gasteiger partial charge in [0.15, 0.2) is 0 Å². The van der Waals surface area contributed by atoms with Gasteiger partial charge in [0.05, 0.1) is 0 Å². The maximum Gasteiger partial charge on any atom is 0.309 e. The first-order chi connectivity index (χ1) is 12.0. The van der Waals surface area contributed by atoms with Crippen LogP contribution in [-0.2, 0) is 22.6 Å². The Kier molecular flexibility index (Phi) is 6.51. The van der Waals surface area contributed by atoms with Gasteiger partial charge in [-0.15, -0.1) is 0 Å². The maximum absolute atomic E-state index is 12.8. The normalized spacial score (nSPS) is 10.2. The minimum atomic E-state index is -0.702. The summed E-state index contributed by atoms with van der Waals surface area (Å²) in [7, 11) is 3.94. The van der Waals surface area contributed by atoms with Crippen molar-refractivity contribution in [2.24, 2.45) is 0 Å². The zero-order valence-corrected chi connectivity index (χ0v) is 14.4. The summed E-state index contributed by atoms with van der Waals surface area (Å²) < 4.78 is 12.8. The number of halogens is 1. The molecule has 0 atom stereocenters. The van der Waals surface area contributed by atoms with E-state index in [4.69, 9.17) is 0 Å². The molecule has 0 saturated carbocycles. The number of carbonyl (C=O) groups excluding carboxylic acids is 2. The third-order valence-electron chi connectivity index (χ3n) is 3.72. The molecule has 0 aromatic heterocycles. The zero-order chi connectivity index (χ0) is 18.2. The molecule has 2 rings (SSSR count). The quantitative estimate of drug-likeness (QED) is 0.787. The molecule has 0 spiro atoms. The van der Waals surface area contributed by atoms with Crippen LogP contribution in [-0.4, -0.2) is 32.5 Å². The minimum absolute atomic E-state index is 0.179. The highest BCUT2D eigenvalue weighted by Gasteiger charge is 2.12. The summed E-state index contributed by atoms with van der Waals surface area (Å²) in [5.74, 6) is -1.72. The van der Waals surface area contributed by atoms with E-state index in [-0.39, 0.29) is 12.4 Å². The fourth-order valence-corrected chi connectivity index (χ4v) is 2.23. The lowest BCUT2D eigenvalue weighted by Crippen LogP contribution is -2.40. The molecule has 0 heterocycles. The van der Waals surface area contributed by atoms with E-state index in [2.05, 4.69) is 10.6 Å². The molecule has 0 saturated heterocycles. The fraction of sp³-hybridized carbons (Fsp3) is 0.263. The Hall–Kier alpha value is -2.89. The van der Waals surface area contributed by atoms with Gasteiger partial charge >= 0.3 is 11.8 Å². The second-order valence-electron chi connectivity index (χ2n) is 5.88. The minimum Gasteiger partial charge on any atom is -0.378 e. The molecule has 6 heteroatoms. The summed E-state index contributed by atoms with van der Waals surface area (Å²) in [6.07, 6.45) is 0.644. The van der Waals surface area contributed by atoms with Gasteiger partial charge in [-0.2, -0.15) is 0 Å². The number of hydrogen-bond donors (Lipinski definition) is 2. The predicted octanol–water partition coefficient (Wildman–Crippen LogP) is 1.87. The van der Waals surface area contributed by atoms with Gasteiger partial charge < -0.3 is 15.5 Å². The first-order valence-corrected chi connectivity index (χ1v) is 8.02. The number of hydrogen-bond acceptors (Lipinski definition) is 3. The van der Waals surface area contributed by atoms with E-state index in [1.165, 1.54) is 12.1 Å². The smallest absolute Gasteiger partial charge is 0.309 e. The van der Waals surface area contributed by atoms with Gasteiger partial charge in [0.1, 0.15) is 5.82 Å². The number of rotatable bonds is 6. The van der Waals surface area contributed by atoms with Crippen molar-refractivity contribution in [1.82, 2.24) is 10.6 Å². The summed E-state index contributed by atoms with van der Waals surface area (Å²) in [5.41, 5.74) is 2.91. The van der Waals surface area contributed by atoms with Crippen molar-refractivity contribution < 1.29 is 14.0 Å². The molecule has 0 aliphatic carbocycles. The first kappa shape index (κ1) is 18.4. The Morgan fingerprint density at radius 3 is 2.04 bits per heavy atom. The molecule has 0 bridgehead atoms. The molecule has 2 amide bonds. The van der Waals surface area contributed by atoms with Gasteiger partial charge in [-0.25, -0.2) is 4.39 Å². The Balaban J connectivity index is 1.72. The van der Waals surface area contributed by atoms with Crippen molar-refractivity contribution >= 4 is 17.5 Å². The molecular weight excluding hydrogens is 321 g/mol. The van der Waals surface area contributed by atoms with E-state index in [0.717, 1.165) is 16.8 Å². The topological polar surface area (TPSA) is 61.4 Å². The van der Waals surface area contributed by atoms with Crippen LogP contribution in [0.2, 0.25) is 0 Å². The van der Waals surface area contributed by atoms with Crippen molar-refractivity contribution in [2.45, 2.75) is 13.0 Å². The highest BCUT2D eigenvalue weighted by Crippen LogP contribution is 2.12. The second-order valence-corrected chi connectivity index (χ2v) is 5.88. The van der Waals surface area contributed by atoms with E-state index in [9.17, 15) is 14.0 Å². The largest absolute Gasteiger partial charge is 0.378 e. The zero-order valence-electron chi connectivity index (χ0n) is 14.4. The highest BCUT2D eigenvalue weighted by atomic mass is 19.1. The Morgan fingerprint density at radius 2 is 1.44 bits per heavy atom. The summed E-state index contributed by atoms with van der Waals surface area (Å²) in [4.78, 5) is 25.5. The maximum atomic E-state index is 12.8. The van der Waals surface area contributed by atoms with Gasteiger partial charge in [-0.1, -0.05) is 24.3 Å². The molecule has 0 radical (unpaired) electrons. The fourth-order valence-electron chi connectivity index (χ4n) is 2.23. The number of benzene rings is 2. The number of nitrogens with zero attached hydrogens (tertiary/aromatic N) is 1.